The molecule has 22 heavy (non-hydrogen) atoms. The van der Waals surface area contributed by atoms with Gasteiger partial charge in [0.25, 0.3) is 5.91 Å². The van der Waals surface area contributed by atoms with Crippen LogP contribution in [0.5, 0.6) is 0 Å². The van der Waals surface area contributed by atoms with E-state index in [-0.39, 0.29) is 5.91 Å². The quantitative estimate of drug-likeness (QED) is 0.681. The van der Waals surface area contributed by atoms with Crippen LogP contribution in [0.3, 0.4) is 0 Å². The van der Waals surface area contributed by atoms with E-state index >= 15 is 0 Å². The number of fused-ring (bicyclic) bond motifs is 1. The summed E-state index contributed by atoms with van der Waals surface area (Å²) in [5, 5.41) is 0. The molecular formula is C15H15N3OS3. The average molecular weight is 350 g/mol. The van der Waals surface area contributed by atoms with E-state index in [0.29, 0.717) is 6.42 Å². The Hall–Kier alpha value is -1.44. The molecule has 0 saturated heterocycles. The first kappa shape index (κ1) is 15.5. The number of thioether (sulfide) groups is 1. The van der Waals surface area contributed by atoms with Crippen molar-refractivity contribution in [3.8, 4) is 0 Å². The van der Waals surface area contributed by atoms with Gasteiger partial charge in [0.1, 0.15) is 4.34 Å². The summed E-state index contributed by atoms with van der Waals surface area (Å²) in [7, 11) is 1.94. The summed E-state index contributed by atoms with van der Waals surface area (Å²) in [5.41, 5.74) is 2.02. The SMILES string of the molecule is CSc1nc(C)c(CC(=O)N=c2sc3ccccc3n2C)s1. The van der Waals surface area contributed by atoms with Crippen LogP contribution in [-0.4, -0.2) is 21.7 Å². The molecule has 0 saturated carbocycles. The van der Waals surface area contributed by atoms with Crippen molar-refractivity contribution in [2.75, 3.05) is 6.26 Å². The molecule has 0 fully saturated rings. The third kappa shape index (κ3) is 3.02. The molecule has 3 aromatic rings. The molecule has 0 radical (unpaired) electrons. The first-order valence-corrected chi connectivity index (χ1v) is 9.56. The maximum atomic E-state index is 12.3. The summed E-state index contributed by atoms with van der Waals surface area (Å²) >= 11 is 4.71. The van der Waals surface area contributed by atoms with E-state index in [0.717, 1.165) is 29.9 Å². The first-order chi connectivity index (χ1) is 10.6. The molecular weight excluding hydrogens is 334 g/mol. The molecule has 0 aliphatic heterocycles. The van der Waals surface area contributed by atoms with Crippen LogP contribution < -0.4 is 4.80 Å². The Bertz CT molecular complexity index is 904. The van der Waals surface area contributed by atoms with Crippen molar-refractivity contribution in [3.05, 3.63) is 39.6 Å². The maximum absolute atomic E-state index is 12.3. The largest absolute Gasteiger partial charge is 0.319 e. The Balaban J connectivity index is 1.91. The van der Waals surface area contributed by atoms with Gasteiger partial charge in [-0.15, -0.1) is 11.3 Å². The first-order valence-electron chi connectivity index (χ1n) is 6.71. The molecule has 0 atom stereocenters. The van der Waals surface area contributed by atoms with Crippen molar-refractivity contribution in [1.29, 1.82) is 0 Å². The van der Waals surface area contributed by atoms with Crippen LogP contribution in [0.25, 0.3) is 10.2 Å². The van der Waals surface area contributed by atoms with Crippen LogP contribution in [0.15, 0.2) is 33.6 Å². The number of rotatable bonds is 3. The van der Waals surface area contributed by atoms with Crippen LogP contribution >= 0.6 is 34.4 Å². The van der Waals surface area contributed by atoms with Crippen LogP contribution in [-0.2, 0) is 18.3 Å². The van der Waals surface area contributed by atoms with Gasteiger partial charge in [0, 0.05) is 11.9 Å². The zero-order valence-corrected chi connectivity index (χ0v) is 14.9. The summed E-state index contributed by atoms with van der Waals surface area (Å²) in [6, 6.07) is 8.06. The molecule has 0 unspecified atom stereocenters. The van der Waals surface area contributed by atoms with E-state index in [1.165, 1.54) is 11.3 Å². The van der Waals surface area contributed by atoms with Crippen LogP contribution in [0.1, 0.15) is 10.6 Å². The number of benzene rings is 1. The second-order valence-electron chi connectivity index (χ2n) is 4.79. The van der Waals surface area contributed by atoms with Crippen LogP contribution in [0, 0.1) is 6.92 Å². The van der Waals surface area contributed by atoms with Crippen molar-refractivity contribution in [2.24, 2.45) is 12.0 Å². The Kier molecular flexibility index (Phi) is 4.46. The fourth-order valence-corrected chi connectivity index (χ4v) is 4.81. The van der Waals surface area contributed by atoms with E-state index in [9.17, 15) is 4.79 Å². The summed E-state index contributed by atoms with van der Waals surface area (Å²) in [6.07, 6.45) is 2.31. The standard InChI is InChI=1S/C15H15N3OS3/c1-9-12(22-15(16-9)20-3)8-13(19)17-14-18(2)10-6-4-5-7-11(10)21-14/h4-7H,8H2,1-3H3. The van der Waals surface area contributed by atoms with E-state index in [1.54, 1.807) is 23.1 Å². The van der Waals surface area contributed by atoms with Gasteiger partial charge in [-0.2, -0.15) is 4.99 Å². The molecule has 0 aliphatic rings. The number of amides is 1. The van der Waals surface area contributed by atoms with Gasteiger partial charge in [-0.25, -0.2) is 4.98 Å². The highest BCUT2D eigenvalue weighted by Gasteiger charge is 2.11. The third-order valence-electron chi connectivity index (χ3n) is 3.29. The number of hydrogen-bond donors (Lipinski definition) is 0. The minimum Gasteiger partial charge on any atom is -0.319 e. The second-order valence-corrected chi connectivity index (χ2v) is 7.93. The van der Waals surface area contributed by atoms with Crippen molar-refractivity contribution < 1.29 is 4.79 Å². The van der Waals surface area contributed by atoms with Gasteiger partial charge in [0.15, 0.2) is 4.80 Å². The average Bonchev–Trinajstić information content (AvgIpc) is 3.01. The number of carbonyl (C=O) groups excluding carboxylic acids is 1. The summed E-state index contributed by atoms with van der Waals surface area (Å²) in [6.45, 7) is 1.94. The lowest BCUT2D eigenvalue weighted by Gasteiger charge is -1.95. The van der Waals surface area contributed by atoms with Gasteiger partial charge in [0.05, 0.1) is 22.3 Å². The van der Waals surface area contributed by atoms with Crippen LogP contribution in [0.4, 0.5) is 0 Å². The molecule has 3 rings (SSSR count). The number of aryl methyl sites for hydroxylation is 2. The van der Waals surface area contributed by atoms with E-state index in [4.69, 9.17) is 0 Å². The molecule has 0 aliphatic carbocycles. The van der Waals surface area contributed by atoms with Gasteiger partial charge >= 0.3 is 0 Å². The predicted octanol–water partition coefficient (Wildman–Crippen LogP) is 3.40. The van der Waals surface area contributed by atoms with Gasteiger partial charge in [-0.05, 0) is 25.3 Å². The fourth-order valence-electron chi connectivity index (χ4n) is 2.12. The molecule has 1 amide bonds. The van der Waals surface area contributed by atoms with Crippen molar-refractivity contribution in [1.82, 2.24) is 9.55 Å². The lowest BCUT2D eigenvalue weighted by molar-refractivity contribution is -0.117. The van der Waals surface area contributed by atoms with Gasteiger partial charge < -0.3 is 4.57 Å². The normalized spacial score (nSPS) is 12.2. The highest BCUT2D eigenvalue weighted by Crippen LogP contribution is 2.25. The summed E-state index contributed by atoms with van der Waals surface area (Å²) < 4.78 is 4.09. The number of para-hydroxylation sites is 1. The summed E-state index contributed by atoms with van der Waals surface area (Å²) in [5.74, 6) is -0.124. The highest BCUT2D eigenvalue weighted by molar-refractivity contribution is 8.00. The lowest BCUT2D eigenvalue weighted by atomic mass is 10.3. The Morgan fingerprint density at radius 3 is 2.82 bits per heavy atom. The number of nitrogens with zero attached hydrogens (tertiary/aromatic N) is 3. The fraction of sp³-hybridized carbons (Fsp3) is 0.267. The zero-order chi connectivity index (χ0) is 15.7. The summed E-state index contributed by atoms with van der Waals surface area (Å²) in [4.78, 5) is 22.7. The lowest BCUT2D eigenvalue weighted by Crippen LogP contribution is -2.14. The molecule has 4 nitrogen and oxygen atoms in total. The minimum atomic E-state index is -0.124. The van der Waals surface area contributed by atoms with E-state index in [1.807, 2.05) is 49.1 Å². The molecule has 0 spiro atoms. The molecule has 114 valence electrons. The highest BCUT2D eigenvalue weighted by atomic mass is 32.2. The molecule has 0 bridgehead atoms. The third-order valence-corrected chi connectivity index (χ3v) is 6.55. The van der Waals surface area contributed by atoms with Gasteiger partial charge in [-0.1, -0.05) is 35.2 Å². The number of hydrogen-bond acceptors (Lipinski definition) is 5. The van der Waals surface area contributed by atoms with E-state index in [2.05, 4.69) is 9.98 Å². The zero-order valence-electron chi connectivity index (χ0n) is 12.5. The maximum Gasteiger partial charge on any atom is 0.253 e. The predicted molar refractivity (Wildman–Crippen MR) is 93.7 cm³/mol. The Morgan fingerprint density at radius 1 is 1.36 bits per heavy atom. The number of thiazole rings is 2. The van der Waals surface area contributed by atoms with E-state index < -0.39 is 0 Å². The van der Waals surface area contributed by atoms with Crippen molar-refractivity contribution in [3.63, 3.8) is 0 Å². The number of aromatic nitrogens is 2. The van der Waals surface area contributed by atoms with Gasteiger partial charge in [0.2, 0.25) is 0 Å². The molecule has 0 N–H and O–H groups in total. The Morgan fingerprint density at radius 2 is 2.14 bits per heavy atom. The van der Waals surface area contributed by atoms with Gasteiger partial charge in [-0.3, -0.25) is 4.79 Å². The molecule has 7 heteroatoms. The second kappa shape index (κ2) is 6.36. The number of carbonyl (C=O) groups is 1. The minimum absolute atomic E-state index is 0.124. The van der Waals surface area contributed by atoms with Crippen molar-refractivity contribution in [2.45, 2.75) is 17.7 Å². The monoisotopic (exact) mass is 349 g/mol. The topological polar surface area (TPSA) is 47.2 Å². The molecule has 2 aromatic heterocycles. The smallest absolute Gasteiger partial charge is 0.253 e. The van der Waals surface area contributed by atoms with Crippen molar-refractivity contribution >= 4 is 50.6 Å². The molecule has 2 heterocycles. The molecule has 1 aromatic carbocycles. The Labute approximate surface area is 140 Å². The van der Waals surface area contributed by atoms with Crippen LogP contribution in [0.2, 0.25) is 0 Å².